The summed E-state index contributed by atoms with van der Waals surface area (Å²) in [6, 6.07) is 10.5. The fourth-order valence-electron chi connectivity index (χ4n) is 3.22. The number of benzene rings is 1. The second-order valence-corrected chi connectivity index (χ2v) is 6.94. The summed E-state index contributed by atoms with van der Waals surface area (Å²) in [6.45, 7) is 2.70. The van der Waals surface area contributed by atoms with Gasteiger partial charge in [0, 0.05) is 38.5 Å². The number of urea groups is 1. The lowest BCUT2D eigenvalue weighted by Gasteiger charge is -2.20. The molecule has 0 fully saturated rings. The van der Waals surface area contributed by atoms with Crippen LogP contribution in [-0.4, -0.2) is 56.0 Å². The molecular weight excluding hydrogens is 424 g/mol. The molecule has 3 rings (SSSR count). The number of nitrogens with zero attached hydrogens (tertiary/aromatic N) is 4. The normalized spacial score (nSPS) is 10.4. The van der Waals surface area contributed by atoms with Crippen LogP contribution in [0, 0.1) is 11.3 Å². The summed E-state index contributed by atoms with van der Waals surface area (Å²) in [7, 11) is 3.13. The first kappa shape index (κ1) is 23.4. The van der Waals surface area contributed by atoms with E-state index in [1.807, 2.05) is 19.1 Å². The minimum Gasteiger partial charge on any atom is -0.447 e. The zero-order valence-corrected chi connectivity index (χ0v) is 18.6. The average molecular weight is 448 g/mol. The molecule has 0 atom stereocenters. The first-order chi connectivity index (χ1) is 16.0. The van der Waals surface area contributed by atoms with Crippen LogP contribution in [-0.2, 0) is 9.47 Å². The van der Waals surface area contributed by atoms with Crippen molar-refractivity contribution in [1.82, 2.24) is 15.3 Å². The maximum absolute atomic E-state index is 12.5. The number of carbonyl (C=O) groups excluding carboxylic acids is 2. The molecule has 3 amide bonds. The SMILES string of the molecule is CCNC(=O)Nc1cc2c(-c3ccnc(C#N)c3)ccc(N(C)C(=O)OCCOC)c2cn1. The number of rotatable bonds is 7. The Kier molecular flexibility index (Phi) is 7.73. The third kappa shape index (κ3) is 5.53. The molecule has 2 N–H and O–H groups in total. The van der Waals surface area contributed by atoms with Crippen LogP contribution in [0.15, 0.2) is 42.7 Å². The summed E-state index contributed by atoms with van der Waals surface area (Å²) in [5.74, 6) is 0.340. The summed E-state index contributed by atoms with van der Waals surface area (Å²) in [4.78, 5) is 34.2. The summed E-state index contributed by atoms with van der Waals surface area (Å²) in [6.07, 6.45) is 2.60. The largest absolute Gasteiger partial charge is 0.447 e. The minimum atomic E-state index is -0.540. The standard InChI is InChI=1S/C23H24N6O4/c1-4-25-22(30)28-21-12-18-17(15-7-8-26-16(11-15)13-24)5-6-20(19(18)14-27-21)29(2)23(31)33-10-9-32-3/h5-8,11-12,14H,4,9-10H2,1-3H3,(H2,25,27,28,30). The quantitative estimate of drug-likeness (QED) is 0.529. The van der Waals surface area contributed by atoms with Crippen LogP contribution in [0.1, 0.15) is 12.6 Å². The molecule has 33 heavy (non-hydrogen) atoms. The van der Waals surface area contributed by atoms with Gasteiger partial charge in [0.25, 0.3) is 0 Å². The van der Waals surface area contributed by atoms with Crippen molar-refractivity contribution in [3.63, 3.8) is 0 Å². The minimum absolute atomic E-state index is 0.127. The van der Waals surface area contributed by atoms with Crippen molar-refractivity contribution in [3.8, 4) is 17.2 Å². The molecule has 10 heteroatoms. The summed E-state index contributed by atoms with van der Waals surface area (Å²) in [5.41, 5.74) is 2.40. The third-order valence-electron chi connectivity index (χ3n) is 4.79. The van der Waals surface area contributed by atoms with Crippen molar-refractivity contribution in [1.29, 1.82) is 5.26 Å². The smallest absolute Gasteiger partial charge is 0.414 e. The Balaban J connectivity index is 2.10. The van der Waals surface area contributed by atoms with Gasteiger partial charge in [-0.3, -0.25) is 10.2 Å². The Morgan fingerprint density at radius 3 is 2.70 bits per heavy atom. The monoisotopic (exact) mass is 448 g/mol. The highest BCUT2D eigenvalue weighted by molar-refractivity contribution is 6.08. The highest BCUT2D eigenvalue weighted by Crippen LogP contribution is 2.35. The Morgan fingerprint density at radius 1 is 1.15 bits per heavy atom. The summed E-state index contributed by atoms with van der Waals surface area (Å²) < 4.78 is 10.1. The van der Waals surface area contributed by atoms with Crippen LogP contribution in [0.4, 0.5) is 21.1 Å². The molecule has 0 saturated carbocycles. The molecule has 2 aromatic heterocycles. The van der Waals surface area contributed by atoms with Crippen LogP contribution >= 0.6 is 0 Å². The van der Waals surface area contributed by atoms with Crippen LogP contribution in [0.3, 0.4) is 0 Å². The van der Waals surface area contributed by atoms with Crippen molar-refractivity contribution in [3.05, 3.63) is 48.4 Å². The van der Waals surface area contributed by atoms with E-state index in [1.165, 1.54) is 12.0 Å². The molecule has 0 unspecified atom stereocenters. The van der Waals surface area contributed by atoms with Crippen molar-refractivity contribution in [2.75, 3.05) is 44.1 Å². The predicted molar refractivity (Wildman–Crippen MR) is 124 cm³/mol. The number of hydrogen-bond acceptors (Lipinski definition) is 7. The third-order valence-corrected chi connectivity index (χ3v) is 4.79. The number of ether oxygens (including phenoxy) is 2. The van der Waals surface area contributed by atoms with E-state index in [0.717, 1.165) is 16.5 Å². The maximum Gasteiger partial charge on any atom is 0.414 e. The lowest BCUT2D eigenvalue weighted by Crippen LogP contribution is -2.29. The molecular formula is C23H24N6O4. The lowest BCUT2D eigenvalue weighted by atomic mass is 9.98. The summed E-state index contributed by atoms with van der Waals surface area (Å²) in [5, 5.41) is 16.0. The number of nitriles is 1. The van der Waals surface area contributed by atoms with Crippen LogP contribution < -0.4 is 15.5 Å². The lowest BCUT2D eigenvalue weighted by molar-refractivity contribution is 0.104. The Morgan fingerprint density at radius 2 is 1.97 bits per heavy atom. The Bertz CT molecular complexity index is 1210. The Labute approximate surface area is 191 Å². The van der Waals surface area contributed by atoms with Gasteiger partial charge < -0.3 is 14.8 Å². The number of aromatic nitrogens is 2. The second-order valence-electron chi connectivity index (χ2n) is 6.94. The topological polar surface area (TPSA) is 129 Å². The maximum atomic E-state index is 12.5. The van der Waals surface area contributed by atoms with Gasteiger partial charge in [0.1, 0.15) is 24.2 Å². The van der Waals surface area contributed by atoms with Gasteiger partial charge in [0.15, 0.2) is 0 Å². The molecule has 1 aromatic carbocycles. The fraction of sp³-hybridized carbons (Fsp3) is 0.261. The fourth-order valence-corrected chi connectivity index (χ4v) is 3.22. The molecule has 3 aromatic rings. The van der Waals surface area contributed by atoms with Crippen LogP contribution in [0.25, 0.3) is 21.9 Å². The van der Waals surface area contributed by atoms with E-state index in [2.05, 4.69) is 20.6 Å². The molecule has 0 radical (unpaired) electrons. The van der Waals surface area contributed by atoms with Crippen molar-refractivity contribution in [2.45, 2.75) is 6.92 Å². The van der Waals surface area contributed by atoms with Gasteiger partial charge in [0.2, 0.25) is 0 Å². The van der Waals surface area contributed by atoms with Gasteiger partial charge in [-0.2, -0.15) is 5.26 Å². The number of fused-ring (bicyclic) bond motifs is 1. The average Bonchev–Trinajstić information content (AvgIpc) is 2.83. The number of methoxy groups -OCH3 is 1. The van der Waals surface area contributed by atoms with Gasteiger partial charge in [-0.1, -0.05) is 6.07 Å². The van der Waals surface area contributed by atoms with Gasteiger partial charge in [-0.05, 0) is 47.7 Å². The van der Waals surface area contributed by atoms with Crippen LogP contribution in [0.2, 0.25) is 0 Å². The number of carbonyl (C=O) groups is 2. The van der Waals surface area contributed by atoms with Crippen LogP contribution in [0.5, 0.6) is 0 Å². The number of amides is 3. The van der Waals surface area contributed by atoms with E-state index < -0.39 is 6.09 Å². The number of nitrogens with one attached hydrogen (secondary N) is 2. The zero-order valence-electron chi connectivity index (χ0n) is 18.6. The van der Waals surface area contributed by atoms with E-state index in [-0.39, 0.29) is 18.3 Å². The molecule has 0 saturated heterocycles. The van der Waals surface area contributed by atoms with Crippen molar-refractivity contribution in [2.24, 2.45) is 0 Å². The molecule has 0 aliphatic heterocycles. The zero-order chi connectivity index (χ0) is 23.8. The highest BCUT2D eigenvalue weighted by Gasteiger charge is 2.18. The van der Waals surface area contributed by atoms with Gasteiger partial charge in [-0.25, -0.2) is 19.6 Å². The molecule has 0 bridgehead atoms. The number of anilines is 2. The van der Waals surface area contributed by atoms with Gasteiger partial charge in [-0.15, -0.1) is 0 Å². The van der Waals surface area contributed by atoms with E-state index in [4.69, 9.17) is 9.47 Å². The highest BCUT2D eigenvalue weighted by atomic mass is 16.6. The predicted octanol–water partition coefficient (Wildman–Crippen LogP) is 3.53. The van der Waals surface area contributed by atoms with Gasteiger partial charge in [0.05, 0.1) is 12.3 Å². The molecule has 0 aliphatic rings. The molecule has 0 aliphatic carbocycles. The summed E-state index contributed by atoms with van der Waals surface area (Å²) >= 11 is 0. The Hall–Kier alpha value is -4.23. The van der Waals surface area contributed by atoms with Gasteiger partial charge >= 0.3 is 12.1 Å². The number of hydrogen-bond donors (Lipinski definition) is 2. The van der Waals surface area contributed by atoms with E-state index in [1.54, 1.807) is 43.7 Å². The molecule has 2 heterocycles. The van der Waals surface area contributed by atoms with Crippen molar-refractivity contribution < 1.29 is 19.1 Å². The number of pyridine rings is 2. The van der Waals surface area contributed by atoms with E-state index in [0.29, 0.717) is 30.0 Å². The van der Waals surface area contributed by atoms with E-state index in [9.17, 15) is 14.9 Å². The first-order valence-corrected chi connectivity index (χ1v) is 10.2. The molecule has 10 nitrogen and oxygen atoms in total. The first-order valence-electron chi connectivity index (χ1n) is 10.2. The van der Waals surface area contributed by atoms with Crippen molar-refractivity contribution >= 4 is 34.4 Å². The molecule has 170 valence electrons. The van der Waals surface area contributed by atoms with E-state index >= 15 is 0 Å². The molecule has 0 spiro atoms. The second kappa shape index (κ2) is 10.9.